The van der Waals surface area contributed by atoms with Crippen LogP contribution in [0.5, 0.6) is 0 Å². The summed E-state index contributed by atoms with van der Waals surface area (Å²) in [7, 11) is 0. The summed E-state index contributed by atoms with van der Waals surface area (Å²) >= 11 is 0. The van der Waals surface area contributed by atoms with E-state index in [-0.39, 0.29) is 11.7 Å². The molecule has 0 aliphatic heterocycles. The van der Waals surface area contributed by atoms with Gasteiger partial charge in [0.15, 0.2) is 5.78 Å². The highest BCUT2D eigenvalue weighted by Crippen LogP contribution is 2.55. The summed E-state index contributed by atoms with van der Waals surface area (Å²) in [5.74, 6) is -4.38. The Morgan fingerprint density at radius 3 is 1.80 bits per heavy atom. The molecule has 2 bridgehead atoms. The van der Waals surface area contributed by atoms with Gasteiger partial charge in [0.2, 0.25) is 5.91 Å². The molecule has 1 N–H and O–H groups in total. The van der Waals surface area contributed by atoms with Crippen LogP contribution in [0.15, 0.2) is 103 Å². The predicted octanol–water partition coefficient (Wildman–Crippen LogP) is 4.13. The average Bonchev–Trinajstić information content (AvgIpc) is 3.42. The van der Waals surface area contributed by atoms with Gasteiger partial charge in [-0.3, -0.25) is 9.59 Å². The maximum Gasteiger partial charge on any atom is 0.229 e. The Kier molecular flexibility index (Phi) is 5.91. The third-order valence-electron chi connectivity index (χ3n) is 6.93. The molecule has 174 valence electrons. The van der Waals surface area contributed by atoms with Crippen LogP contribution in [-0.2, 0) is 9.59 Å². The average molecular weight is 463 g/mol. The van der Waals surface area contributed by atoms with Crippen molar-refractivity contribution < 1.29 is 19.5 Å². The van der Waals surface area contributed by atoms with Crippen molar-refractivity contribution in [3.63, 3.8) is 0 Å². The van der Waals surface area contributed by atoms with Gasteiger partial charge in [-0.2, -0.15) is 0 Å². The van der Waals surface area contributed by atoms with Crippen LogP contribution >= 0.6 is 0 Å². The van der Waals surface area contributed by atoms with Gasteiger partial charge in [0.05, 0.1) is 5.92 Å². The molecule has 2 aliphatic carbocycles. The number of carbonyl (C=O) groups is 3. The molecule has 1 fully saturated rings. The molecule has 0 aromatic heterocycles. The molecule has 3 aromatic carbocycles. The Balaban J connectivity index is 1.60. The fraction of sp³-hybridized carbons (Fsp3) is 0.167. The molecule has 5 rings (SSSR count). The van der Waals surface area contributed by atoms with E-state index < -0.39 is 29.6 Å². The number of Topliss-reactive ketones (excluding diaryl/α,β-unsaturated/α-hetero) is 1. The lowest BCUT2D eigenvalue weighted by atomic mass is 9.82. The van der Waals surface area contributed by atoms with E-state index in [1.54, 1.807) is 24.3 Å². The number of hydrogen-bond donors (Lipinski definition) is 1. The summed E-state index contributed by atoms with van der Waals surface area (Å²) in [6.07, 6.45) is 3.84. The molecule has 5 nitrogen and oxygen atoms in total. The fourth-order valence-corrected chi connectivity index (χ4v) is 5.45. The second-order valence-corrected chi connectivity index (χ2v) is 9.00. The third-order valence-corrected chi connectivity index (χ3v) is 6.93. The number of rotatable bonds is 6. The molecule has 0 radical (unpaired) electrons. The van der Waals surface area contributed by atoms with E-state index in [4.69, 9.17) is 0 Å². The number of benzene rings is 3. The third kappa shape index (κ3) is 4.10. The molecule has 1 amide bonds. The first-order chi connectivity index (χ1) is 17.0. The smallest absolute Gasteiger partial charge is 0.229 e. The number of carboxylic acids is 1. The zero-order chi connectivity index (χ0) is 24.5. The number of amides is 1. The van der Waals surface area contributed by atoms with Crippen LogP contribution in [0.1, 0.15) is 28.4 Å². The Morgan fingerprint density at radius 1 is 0.714 bits per heavy atom. The molecular weight excluding hydrogens is 438 g/mol. The highest BCUT2D eigenvalue weighted by Gasteiger charge is 2.53. The van der Waals surface area contributed by atoms with Gasteiger partial charge in [-0.25, -0.2) is 0 Å². The maximum absolute atomic E-state index is 13.5. The van der Waals surface area contributed by atoms with Crippen molar-refractivity contribution >= 4 is 28.9 Å². The number of ketones is 1. The highest BCUT2D eigenvalue weighted by molar-refractivity contribution is 6.00. The van der Waals surface area contributed by atoms with Crippen molar-refractivity contribution in [2.24, 2.45) is 23.7 Å². The first-order valence-electron chi connectivity index (χ1n) is 11.6. The Hall–Kier alpha value is -4.25. The lowest BCUT2D eigenvalue weighted by Crippen LogP contribution is -2.42. The number of aliphatic carboxylic acids is 1. The van der Waals surface area contributed by atoms with E-state index in [1.165, 1.54) is 6.92 Å². The van der Waals surface area contributed by atoms with Crippen molar-refractivity contribution in [1.29, 1.82) is 0 Å². The summed E-state index contributed by atoms with van der Waals surface area (Å²) in [5, 5.41) is 15.2. The number of allylic oxidation sites excluding steroid dienone is 3. The van der Waals surface area contributed by atoms with Gasteiger partial charge in [-0.15, -0.1) is 0 Å². The normalized spacial score (nSPS) is 22.1. The number of hydrogen-bond acceptors (Lipinski definition) is 4. The molecule has 3 aromatic rings. The molecular formula is C30H24NO4-. The number of nitrogens with one attached hydrogen (secondary N) is 1. The number of fused-ring (bicyclic) bond motifs is 2. The van der Waals surface area contributed by atoms with E-state index in [0.29, 0.717) is 11.3 Å². The zero-order valence-electron chi connectivity index (χ0n) is 19.2. The van der Waals surface area contributed by atoms with Crippen molar-refractivity contribution in [1.82, 2.24) is 0 Å². The minimum absolute atomic E-state index is 0.114. The van der Waals surface area contributed by atoms with Gasteiger partial charge in [0.1, 0.15) is 0 Å². The van der Waals surface area contributed by atoms with Crippen molar-refractivity contribution in [2.75, 3.05) is 5.32 Å². The summed E-state index contributed by atoms with van der Waals surface area (Å²) in [4.78, 5) is 37.6. The van der Waals surface area contributed by atoms with Crippen molar-refractivity contribution in [3.05, 3.63) is 119 Å². The number of anilines is 1. The second-order valence-electron chi connectivity index (χ2n) is 9.00. The Labute approximate surface area is 203 Å². The first-order valence-corrected chi connectivity index (χ1v) is 11.6. The molecule has 35 heavy (non-hydrogen) atoms. The van der Waals surface area contributed by atoms with Crippen molar-refractivity contribution in [3.8, 4) is 0 Å². The van der Waals surface area contributed by atoms with Gasteiger partial charge >= 0.3 is 0 Å². The monoisotopic (exact) mass is 462 g/mol. The van der Waals surface area contributed by atoms with Crippen LogP contribution in [0.3, 0.4) is 0 Å². The van der Waals surface area contributed by atoms with Crippen molar-refractivity contribution in [2.45, 2.75) is 6.92 Å². The molecule has 0 spiro atoms. The quantitative estimate of drug-likeness (QED) is 0.441. The number of carboxylic acid groups (broad SMARTS) is 1. The van der Waals surface area contributed by atoms with Crippen LogP contribution in [0.4, 0.5) is 5.69 Å². The minimum Gasteiger partial charge on any atom is -0.550 e. The highest BCUT2D eigenvalue weighted by atomic mass is 16.4. The molecule has 0 unspecified atom stereocenters. The largest absolute Gasteiger partial charge is 0.550 e. The summed E-state index contributed by atoms with van der Waals surface area (Å²) < 4.78 is 0. The summed E-state index contributed by atoms with van der Waals surface area (Å²) in [5.41, 5.74) is 4.76. The fourth-order valence-electron chi connectivity index (χ4n) is 5.45. The molecule has 0 saturated heterocycles. The van der Waals surface area contributed by atoms with Gasteiger partial charge in [0.25, 0.3) is 0 Å². The van der Waals surface area contributed by atoms with Crippen LogP contribution in [0.2, 0.25) is 0 Å². The number of carbonyl (C=O) groups excluding carboxylic acids is 3. The van der Waals surface area contributed by atoms with Gasteiger partial charge in [0, 0.05) is 35.0 Å². The SMILES string of the molecule is CC(=O)c1cccc(NC(=O)[C@@H]2[C@@H](C(=O)[O-])[C@@H]3C=C[C@H]2C3=C(c2ccccc2)c2ccccc2)c1. The maximum atomic E-state index is 13.5. The first kappa shape index (κ1) is 22.5. The minimum atomic E-state index is -1.24. The van der Waals surface area contributed by atoms with E-state index in [1.807, 2.05) is 72.8 Å². The van der Waals surface area contributed by atoms with E-state index in [2.05, 4.69) is 5.32 Å². The van der Waals surface area contributed by atoms with Crippen LogP contribution in [0.25, 0.3) is 5.57 Å². The zero-order valence-corrected chi connectivity index (χ0v) is 19.2. The van der Waals surface area contributed by atoms with Gasteiger partial charge in [-0.1, -0.05) is 84.9 Å². The van der Waals surface area contributed by atoms with E-state index >= 15 is 0 Å². The molecule has 2 aliphatic rings. The second kappa shape index (κ2) is 9.18. The molecule has 5 heteroatoms. The molecule has 1 saturated carbocycles. The Morgan fingerprint density at radius 2 is 1.26 bits per heavy atom. The van der Waals surface area contributed by atoms with E-state index in [9.17, 15) is 19.5 Å². The molecule has 4 atom stereocenters. The lowest BCUT2D eigenvalue weighted by molar-refractivity contribution is -0.313. The van der Waals surface area contributed by atoms with Gasteiger partial charge in [-0.05, 0) is 41.3 Å². The summed E-state index contributed by atoms with van der Waals surface area (Å²) in [6.45, 7) is 1.46. The van der Waals surface area contributed by atoms with Crippen LogP contribution < -0.4 is 10.4 Å². The standard InChI is InChI=1S/C30H25NO4/c1-18(32)21-13-8-14-22(17-21)31-29(33)27-23-15-16-24(28(27)30(34)35)26(23)25(19-9-4-2-5-10-19)20-11-6-3-7-12-20/h2-17,23-24,27-28H,1H3,(H,31,33)(H,34,35)/p-1/t23-,24+,27-,28-/m0/s1. The van der Waals surface area contributed by atoms with Gasteiger partial charge < -0.3 is 15.2 Å². The summed E-state index contributed by atoms with van der Waals surface area (Å²) in [6, 6.07) is 26.4. The Bertz CT molecular complexity index is 1320. The van der Waals surface area contributed by atoms with E-state index in [0.717, 1.165) is 22.3 Å². The topological polar surface area (TPSA) is 86.3 Å². The van der Waals surface area contributed by atoms with Crippen LogP contribution in [0, 0.1) is 23.7 Å². The molecule has 0 heterocycles. The predicted molar refractivity (Wildman–Crippen MR) is 132 cm³/mol. The lowest BCUT2D eigenvalue weighted by Gasteiger charge is -2.27. The van der Waals surface area contributed by atoms with Crippen LogP contribution in [-0.4, -0.2) is 17.7 Å².